The monoisotopic (exact) mass is 251 g/mol. The maximum Gasteiger partial charge on any atom is 0.323 e. The van der Waals surface area contributed by atoms with Crippen LogP contribution in [0.3, 0.4) is 0 Å². The van der Waals surface area contributed by atoms with E-state index in [-0.39, 0.29) is 5.75 Å². The Kier molecular flexibility index (Phi) is 3.54. The molecule has 0 aromatic carbocycles. The second-order valence-corrected chi connectivity index (χ2v) is 5.91. The zero-order valence-corrected chi connectivity index (χ0v) is 9.48. The average Bonchev–Trinajstić information content (AvgIpc) is 2.34. The van der Waals surface area contributed by atoms with Gasteiger partial charge in [-0.15, -0.1) is 0 Å². The minimum absolute atomic E-state index is 0.388. The average molecular weight is 251 g/mol. The summed E-state index contributed by atoms with van der Waals surface area (Å²) in [6.07, 6.45) is -1.21. The van der Waals surface area contributed by atoms with Gasteiger partial charge in [0.2, 0.25) is 5.91 Å². The molecule has 1 amide bonds. The van der Waals surface area contributed by atoms with Crippen molar-refractivity contribution in [3.05, 3.63) is 0 Å². The van der Waals surface area contributed by atoms with E-state index in [0.29, 0.717) is 0 Å². The molecule has 0 radical (unpaired) electrons. The Morgan fingerprint density at radius 2 is 1.94 bits per heavy atom. The molecule has 8 heteroatoms. The van der Waals surface area contributed by atoms with E-state index in [4.69, 9.17) is 5.11 Å². The lowest BCUT2D eigenvalue weighted by Gasteiger charge is -2.27. The van der Waals surface area contributed by atoms with Gasteiger partial charge in [-0.2, -0.15) is 0 Å². The summed E-state index contributed by atoms with van der Waals surface area (Å²) >= 11 is 0. The summed E-state index contributed by atoms with van der Waals surface area (Å²) in [4.78, 5) is 22.6. The summed E-state index contributed by atoms with van der Waals surface area (Å²) in [5.41, 5.74) is 0. The van der Waals surface area contributed by atoms with Gasteiger partial charge in [0, 0.05) is 6.92 Å². The number of hydrogen-bond donors (Lipinski definition) is 2. The zero-order chi connectivity index (χ0) is 12.5. The Bertz CT molecular complexity index is 403. The van der Waals surface area contributed by atoms with E-state index in [1.54, 1.807) is 0 Å². The van der Waals surface area contributed by atoms with Crippen molar-refractivity contribution in [3.8, 4) is 0 Å². The molecule has 1 aliphatic rings. The third kappa shape index (κ3) is 2.92. The maximum atomic E-state index is 11.2. The van der Waals surface area contributed by atoms with Gasteiger partial charge < -0.3 is 15.1 Å². The van der Waals surface area contributed by atoms with Crippen LogP contribution in [-0.2, 0) is 19.4 Å². The third-order valence-corrected chi connectivity index (χ3v) is 4.10. The van der Waals surface area contributed by atoms with Crippen molar-refractivity contribution >= 4 is 21.7 Å². The smallest absolute Gasteiger partial charge is 0.323 e. The molecule has 92 valence electrons. The van der Waals surface area contributed by atoms with Crippen LogP contribution in [0.5, 0.6) is 0 Å². The fourth-order valence-electron chi connectivity index (χ4n) is 1.72. The molecule has 0 aliphatic carbocycles. The summed E-state index contributed by atoms with van der Waals surface area (Å²) < 4.78 is 22.4. The maximum absolute atomic E-state index is 11.2. The van der Waals surface area contributed by atoms with Crippen molar-refractivity contribution < 1.29 is 28.2 Å². The Hall–Kier alpha value is -1.15. The predicted octanol–water partition coefficient (Wildman–Crippen LogP) is -1.92. The predicted molar refractivity (Wildman–Crippen MR) is 53.5 cm³/mol. The summed E-state index contributed by atoms with van der Waals surface area (Å²) in [5, 5.41) is 18.1. The second-order valence-electron chi connectivity index (χ2n) is 3.75. The third-order valence-electron chi connectivity index (χ3n) is 2.40. The molecule has 1 fully saturated rings. The quantitative estimate of drug-likeness (QED) is 0.604. The number of aliphatic carboxylic acids is 1. The summed E-state index contributed by atoms with van der Waals surface area (Å²) in [6.45, 7) is 0.535. The van der Waals surface area contributed by atoms with Gasteiger partial charge in [0.1, 0.15) is 6.54 Å². The molecular formula is C8H13NO6S. The van der Waals surface area contributed by atoms with Crippen molar-refractivity contribution in [1.29, 1.82) is 0 Å². The SMILES string of the molecule is CC(=O)N(CC(=O)O)[C@@H]1CS(=O)(=O)C[C@H]1O. The van der Waals surface area contributed by atoms with Crippen LogP contribution >= 0.6 is 0 Å². The van der Waals surface area contributed by atoms with Crippen LogP contribution in [-0.4, -0.2) is 65.6 Å². The molecule has 1 rings (SSSR count). The van der Waals surface area contributed by atoms with Gasteiger partial charge in [-0.25, -0.2) is 8.42 Å². The number of aliphatic hydroxyl groups is 1. The lowest BCUT2D eigenvalue weighted by Crippen LogP contribution is -2.48. The van der Waals surface area contributed by atoms with Crippen molar-refractivity contribution in [1.82, 2.24) is 4.90 Å². The first-order valence-electron chi connectivity index (χ1n) is 4.60. The highest BCUT2D eigenvalue weighted by atomic mass is 32.2. The second kappa shape index (κ2) is 4.38. The topological polar surface area (TPSA) is 112 Å². The van der Waals surface area contributed by atoms with Gasteiger partial charge in [0.15, 0.2) is 9.84 Å². The molecule has 0 aromatic heterocycles. The molecule has 2 atom stereocenters. The number of amides is 1. The van der Waals surface area contributed by atoms with Gasteiger partial charge in [-0.3, -0.25) is 9.59 Å². The lowest BCUT2D eigenvalue weighted by atomic mass is 10.2. The van der Waals surface area contributed by atoms with Gasteiger partial charge in [0.25, 0.3) is 0 Å². The normalized spacial score (nSPS) is 27.6. The van der Waals surface area contributed by atoms with E-state index in [1.807, 2.05) is 0 Å². The Balaban J connectivity index is 2.88. The molecule has 1 aliphatic heterocycles. The molecule has 0 unspecified atom stereocenters. The van der Waals surface area contributed by atoms with Crippen LogP contribution in [0.1, 0.15) is 6.92 Å². The molecular weight excluding hydrogens is 238 g/mol. The van der Waals surface area contributed by atoms with Crippen LogP contribution in [0.25, 0.3) is 0 Å². The highest BCUT2D eigenvalue weighted by molar-refractivity contribution is 7.91. The largest absolute Gasteiger partial charge is 0.480 e. The number of sulfone groups is 1. The van der Waals surface area contributed by atoms with Crippen LogP contribution in [0.4, 0.5) is 0 Å². The van der Waals surface area contributed by atoms with Gasteiger partial charge in [-0.1, -0.05) is 0 Å². The highest BCUT2D eigenvalue weighted by Crippen LogP contribution is 2.18. The highest BCUT2D eigenvalue weighted by Gasteiger charge is 2.41. The molecule has 2 N–H and O–H groups in total. The number of carboxylic acid groups (broad SMARTS) is 1. The van der Waals surface area contributed by atoms with Crippen molar-refractivity contribution in [3.63, 3.8) is 0 Å². The zero-order valence-electron chi connectivity index (χ0n) is 8.66. The molecule has 7 nitrogen and oxygen atoms in total. The van der Waals surface area contributed by atoms with E-state index >= 15 is 0 Å². The molecule has 1 heterocycles. The van der Waals surface area contributed by atoms with Crippen LogP contribution < -0.4 is 0 Å². The summed E-state index contributed by atoms with van der Waals surface area (Å²) in [7, 11) is -3.40. The first-order valence-corrected chi connectivity index (χ1v) is 6.42. The van der Waals surface area contributed by atoms with E-state index in [2.05, 4.69) is 0 Å². The number of carbonyl (C=O) groups excluding carboxylic acids is 1. The standard InChI is InChI=1S/C8H13NO6S/c1-5(10)9(2-8(12)13)6-3-16(14,15)4-7(6)11/h6-7,11H,2-4H2,1H3,(H,12,13)/t6-,7-/m1/s1. The van der Waals surface area contributed by atoms with Crippen LogP contribution in [0.2, 0.25) is 0 Å². The molecule has 0 bridgehead atoms. The number of carboxylic acids is 1. The summed E-state index contributed by atoms with van der Waals surface area (Å²) in [5.74, 6) is -2.63. The van der Waals surface area contributed by atoms with Gasteiger partial charge in [0.05, 0.1) is 23.7 Å². The number of carbonyl (C=O) groups is 2. The molecule has 1 saturated heterocycles. The first-order chi connectivity index (χ1) is 7.23. The fraction of sp³-hybridized carbons (Fsp3) is 0.750. The molecule has 16 heavy (non-hydrogen) atoms. The Labute approximate surface area is 92.6 Å². The minimum atomic E-state index is -3.40. The van der Waals surface area contributed by atoms with E-state index in [9.17, 15) is 23.1 Å². The van der Waals surface area contributed by atoms with E-state index < -0.39 is 46.2 Å². The van der Waals surface area contributed by atoms with Crippen molar-refractivity contribution in [2.24, 2.45) is 0 Å². The van der Waals surface area contributed by atoms with Gasteiger partial charge in [-0.05, 0) is 0 Å². The first kappa shape index (κ1) is 12.9. The molecule has 0 aromatic rings. The Morgan fingerprint density at radius 1 is 1.38 bits per heavy atom. The fourth-order valence-corrected chi connectivity index (χ4v) is 3.52. The molecule has 0 saturated carbocycles. The Morgan fingerprint density at radius 3 is 2.25 bits per heavy atom. The van der Waals surface area contributed by atoms with E-state index in [1.165, 1.54) is 0 Å². The number of nitrogens with zero attached hydrogens (tertiary/aromatic N) is 1. The van der Waals surface area contributed by atoms with E-state index in [0.717, 1.165) is 11.8 Å². The lowest BCUT2D eigenvalue weighted by molar-refractivity contribution is -0.146. The summed E-state index contributed by atoms with van der Waals surface area (Å²) in [6, 6.07) is -0.960. The number of hydrogen-bond acceptors (Lipinski definition) is 5. The van der Waals surface area contributed by atoms with Crippen LogP contribution in [0, 0.1) is 0 Å². The minimum Gasteiger partial charge on any atom is -0.480 e. The number of rotatable bonds is 3. The van der Waals surface area contributed by atoms with Crippen LogP contribution in [0.15, 0.2) is 0 Å². The molecule has 0 spiro atoms. The number of aliphatic hydroxyl groups excluding tert-OH is 1. The van der Waals surface area contributed by atoms with Crippen molar-refractivity contribution in [2.45, 2.75) is 19.1 Å². The van der Waals surface area contributed by atoms with Gasteiger partial charge >= 0.3 is 5.97 Å². The van der Waals surface area contributed by atoms with Crippen molar-refractivity contribution in [2.75, 3.05) is 18.1 Å².